The first kappa shape index (κ1) is 19.2. The lowest BCUT2D eigenvalue weighted by atomic mass is 9.97. The van der Waals surface area contributed by atoms with Crippen LogP contribution in [0.25, 0.3) is 15.9 Å². The highest BCUT2D eigenvalue weighted by Gasteiger charge is 2.26. The second kappa shape index (κ2) is 8.53. The van der Waals surface area contributed by atoms with Gasteiger partial charge in [-0.2, -0.15) is 4.68 Å². The van der Waals surface area contributed by atoms with Crippen LogP contribution in [0, 0.1) is 0 Å². The molecule has 4 aromatic rings. The third-order valence-electron chi connectivity index (χ3n) is 5.27. The summed E-state index contributed by atoms with van der Waals surface area (Å²) in [5, 5.41) is 13.7. The molecule has 30 heavy (non-hydrogen) atoms. The van der Waals surface area contributed by atoms with Crippen molar-refractivity contribution in [2.75, 3.05) is 18.8 Å². The van der Waals surface area contributed by atoms with E-state index in [1.165, 1.54) is 21.5 Å². The van der Waals surface area contributed by atoms with Gasteiger partial charge in [-0.25, -0.2) is 4.98 Å². The predicted octanol–water partition coefficient (Wildman–Crippen LogP) is 3.77. The maximum absolute atomic E-state index is 12.7. The molecule has 1 aliphatic rings. The first-order valence-electron chi connectivity index (χ1n) is 9.88. The van der Waals surface area contributed by atoms with E-state index in [9.17, 15) is 4.79 Å². The SMILES string of the molecule is O=C(CSc1nnnn1-c1ccccc1)N1CCC(c2nc3ccccc3s2)CC1. The Morgan fingerprint density at radius 1 is 1.07 bits per heavy atom. The number of amides is 1. The van der Waals surface area contributed by atoms with Crippen LogP contribution in [0.3, 0.4) is 0 Å². The average molecular weight is 437 g/mol. The molecule has 3 heterocycles. The van der Waals surface area contributed by atoms with E-state index in [2.05, 4.69) is 33.7 Å². The summed E-state index contributed by atoms with van der Waals surface area (Å²) < 4.78 is 2.90. The van der Waals surface area contributed by atoms with Crippen molar-refractivity contribution in [2.24, 2.45) is 0 Å². The van der Waals surface area contributed by atoms with Crippen molar-refractivity contribution < 1.29 is 4.79 Å². The van der Waals surface area contributed by atoms with Gasteiger partial charge in [0.2, 0.25) is 11.1 Å². The van der Waals surface area contributed by atoms with E-state index in [1.54, 1.807) is 16.0 Å². The zero-order valence-corrected chi connectivity index (χ0v) is 17.9. The molecule has 1 saturated heterocycles. The van der Waals surface area contributed by atoms with E-state index in [0.717, 1.165) is 37.1 Å². The Bertz CT molecular complexity index is 1120. The second-order valence-corrected chi connectivity index (χ2v) is 9.18. The molecule has 2 aromatic carbocycles. The number of carbonyl (C=O) groups excluding carboxylic acids is 1. The fraction of sp³-hybridized carbons (Fsp3) is 0.286. The summed E-state index contributed by atoms with van der Waals surface area (Å²) in [7, 11) is 0. The van der Waals surface area contributed by atoms with Gasteiger partial charge in [0.1, 0.15) is 0 Å². The molecule has 0 bridgehead atoms. The lowest BCUT2D eigenvalue weighted by Crippen LogP contribution is -2.39. The highest BCUT2D eigenvalue weighted by Crippen LogP contribution is 2.34. The fourth-order valence-corrected chi connectivity index (χ4v) is 5.59. The van der Waals surface area contributed by atoms with E-state index in [1.807, 2.05) is 41.3 Å². The van der Waals surface area contributed by atoms with E-state index in [0.29, 0.717) is 16.8 Å². The zero-order valence-electron chi connectivity index (χ0n) is 16.2. The number of thioether (sulfide) groups is 1. The molecule has 0 saturated carbocycles. The van der Waals surface area contributed by atoms with Crippen LogP contribution in [0.4, 0.5) is 0 Å². The van der Waals surface area contributed by atoms with Crippen LogP contribution >= 0.6 is 23.1 Å². The van der Waals surface area contributed by atoms with Crippen molar-refractivity contribution in [1.82, 2.24) is 30.1 Å². The molecule has 0 spiro atoms. The molecule has 0 aliphatic carbocycles. The maximum Gasteiger partial charge on any atom is 0.233 e. The third kappa shape index (κ3) is 3.95. The molecular weight excluding hydrogens is 416 g/mol. The largest absolute Gasteiger partial charge is 0.342 e. The molecule has 152 valence electrons. The molecule has 5 rings (SSSR count). The predicted molar refractivity (Wildman–Crippen MR) is 118 cm³/mol. The van der Waals surface area contributed by atoms with Gasteiger partial charge in [0.15, 0.2) is 0 Å². The highest BCUT2D eigenvalue weighted by atomic mass is 32.2. The van der Waals surface area contributed by atoms with Gasteiger partial charge >= 0.3 is 0 Å². The van der Waals surface area contributed by atoms with E-state index in [-0.39, 0.29) is 5.91 Å². The normalized spacial score (nSPS) is 15.0. The van der Waals surface area contributed by atoms with Gasteiger partial charge in [0, 0.05) is 19.0 Å². The monoisotopic (exact) mass is 436 g/mol. The number of likely N-dealkylation sites (tertiary alicyclic amines) is 1. The minimum atomic E-state index is 0.130. The van der Waals surface area contributed by atoms with Crippen molar-refractivity contribution >= 4 is 39.2 Å². The number of thiazole rings is 1. The van der Waals surface area contributed by atoms with E-state index in [4.69, 9.17) is 4.98 Å². The van der Waals surface area contributed by atoms with E-state index >= 15 is 0 Å². The quantitative estimate of drug-likeness (QED) is 0.443. The molecule has 0 N–H and O–H groups in total. The van der Waals surface area contributed by atoms with Crippen LogP contribution in [0.2, 0.25) is 0 Å². The Labute approximate surface area is 182 Å². The lowest BCUT2D eigenvalue weighted by Gasteiger charge is -2.31. The number of rotatable bonds is 5. The summed E-state index contributed by atoms with van der Waals surface area (Å²) in [6.07, 6.45) is 1.91. The minimum absolute atomic E-state index is 0.130. The molecule has 0 radical (unpaired) electrons. The lowest BCUT2D eigenvalue weighted by molar-refractivity contribution is -0.129. The van der Waals surface area contributed by atoms with Crippen LogP contribution in [-0.2, 0) is 4.79 Å². The number of hydrogen-bond acceptors (Lipinski definition) is 7. The van der Waals surface area contributed by atoms with Gasteiger partial charge in [-0.3, -0.25) is 4.79 Å². The van der Waals surface area contributed by atoms with E-state index < -0.39 is 0 Å². The molecule has 0 atom stereocenters. The maximum atomic E-state index is 12.7. The molecule has 0 unspecified atom stereocenters. The van der Waals surface area contributed by atoms with Crippen LogP contribution in [-0.4, -0.2) is 54.8 Å². The Balaban J connectivity index is 1.17. The van der Waals surface area contributed by atoms with Gasteiger partial charge in [-0.05, 0) is 47.5 Å². The number of carbonyl (C=O) groups is 1. The topological polar surface area (TPSA) is 76.8 Å². The summed E-state index contributed by atoms with van der Waals surface area (Å²) >= 11 is 3.15. The molecule has 1 amide bonds. The van der Waals surface area contributed by atoms with Gasteiger partial charge in [-0.15, -0.1) is 16.4 Å². The van der Waals surface area contributed by atoms with Gasteiger partial charge in [0.05, 0.1) is 26.7 Å². The van der Waals surface area contributed by atoms with Crippen LogP contribution < -0.4 is 0 Å². The molecule has 9 heteroatoms. The number of para-hydroxylation sites is 2. The number of fused-ring (bicyclic) bond motifs is 1. The summed E-state index contributed by atoms with van der Waals surface area (Å²) in [5.74, 6) is 0.897. The first-order chi connectivity index (χ1) is 14.8. The Kier molecular flexibility index (Phi) is 5.46. The number of piperidine rings is 1. The molecule has 2 aromatic heterocycles. The van der Waals surface area contributed by atoms with Gasteiger partial charge in [-0.1, -0.05) is 42.1 Å². The van der Waals surface area contributed by atoms with Crippen molar-refractivity contribution in [3.05, 3.63) is 59.6 Å². The number of tetrazole rings is 1. The Morgan fingerprint density at radius 3 is 2.63 bits per heavy atom. The Morgan fingerprint density at radius 2 is 1.83 bits per heavy atom. The number of aromatic nitrogens is 5. The van der Waals surface area contributed by atoms with Crippen LogP contribution in [0.5, 0.6) is 0 Å². The van der Waals surface area contributed by atoms with Crippen LogP contribution in [0.15, 0.2) is 59.8 Å². The average Bonchev–Trinajstić information content (AvgIpc) is 3.45. The van der Waals surface area contributed by atoms with Gasteiger partial charge < -0.3 is 4.90 Å². The van der Waals surface area contributed by atoms with Gasteiger partial charge in [0.25, 0.3) is 0 Å². The summed E-state index contributed by atoms with van der Waals surface area (Å²) in [6, 6.07) is 18.0. The second-order valence-electron chi connectivity index (χ2n) is 7.17. The minimum Gasteiger partial charge on any atom is -0.342 e. The van der Waals surface area contributed by atoms with Crippen molar-refractivity contribution in [2.45, 2.75) is 23.9 Å². The molecule has 1 aliphatic heterocycles. The van der Waals surface area contributed by atoms with Crippen molar-refractivity contribution in [3.63, 3.8) is 0 Å². The summed E-state index contributed by atoms with van der Waals surface area (Å²) in [5.41, 5.74) is 1.96. The first-order valence-corrected chi connectivity index (χ1v) is 11.7. The fourth-order valence-electron chi connectivity index (χ4n) is 3.66. The standard InChI is InChI=1S/C21H20N6OS2/c28-19(14-29-21-23-24-25-27(21)16-6-2-1-3-7-16)26-12-10-15(11-13-26)20-22-17-8-4-5-9-18(17)30-20/h1-9,15H,10-14H2. The number of benzene rings is 2. The highest BCUT2D eigenvalue weighted by molar-refractivity contribution is 7.99. The van der Waals surface area contributed by atoms with Crippen molar-refractivity contribution in [3.8, 4) is 5.69 Å². The molecular formula is C21H20N6OS2. The summed E-state index contributed by atoms with van der Waals surface area (Å²) in [4.78, 5) is 19.5. The Hall–Kier alpha value is -2.78. The van der Waals surface area contributed by atoms with Crippen molar-refractivity contribution in [1.29, 1.82) is 0 Å². The third-order valence-corrected chi connectivity index (χ3v) is 7.38. The number of hydrogen-bond donors (Lipinski definition) is 0. The molecule has 7 nitrogen and oxygen atoms in total. The zero-order chi connectivity index (χ0) is 20.3. The summed E-state index contributed by atoms with van der Waals surface area (Å²) in [6.45, 7) is 1.53. The smallest absolute Gasteiger partial charge is 0.233 e. The number of nitrogens with zero attached hydrogens (tertiary/aromatic N) is 6. The molecule has 1 fully saturated rings. The van der Waals surface area contributed by atoms with Crippen LogP contribution in [0.1, 0.15) is 23.8 Å².